The highest BCUT2D eigenvalue weighted by molar-refractivity contribution is 5.83. The SMILES string of the molecule is CN(CCn1ccc2ccccc21)C(=O)CN1CC2(CCNCC2)OC1=O. The normalized spacial score (nSPS) is 18.9. The van der Waals surface area contributed by atoms with Crippen LogP contribution in [-0.4, -0.2) is 71.7 Å². The van der Waals surface area contributed by atoms with Crippen molar-refractivity contribution in [3.63, 3.8) is 0 Å². The fourth-order valence-electron chi connectivity index (χ4n) is 3.96. The molecule has 0 unspecified atom stereocenters. The van der Waals surface area contributed by atoms with Crippen LogP contribution < -0.4 is 5.32 Å². The molecule has 1 N–H and O–H groups in total. The lowest BCUT2D eigenvalue weighted by atomic mass is 9.92. The molecule has 2 aliphatic rings. The number of para-hydroxylation sites is 1. The molecule has 7 heteroatoms. The molecule has 0 saturated carbocycles. The van der Waals surface area contributed by atoms with E-state index in [1.54, 1.807) is 16.8 Å². The summed E-state index contributed by atoms with van der Waals surface area (Å²) in [6.07, 6.45) is 3.29. The molecule has 3 heterocycles. The van der Waals surface area contributed by atoms with Crippen LogP contribution in [0.2, 0.25) is 0 Å². The zero-order valence-corrected chi connectivity index (χ0v) is 15.7. The van der Waals surface area contributed by atoms with E-state index in [1.807, 2.05) is 18.3 Å². The lowest BCUT2D eigenvalue weighted by Gasteiger charge is -2.31. The van der Waals surface area contributed by atoms with Crippen molar-refractivity contribution in [2.45, 2.75) is 25.0 Å². The van der Waals surface area contributed by atoms with E-state index in [4.69, 9.17) is 4.74 Å². The highest BCUT2D eigenvalue weighted by atomic mass is 16.6. The summed E-state index contributed by atoms with van der Waals surface area (Å²) in [4.78, 5) is 28.0. The fourth-order valence-corrected chi connectivity index (χ4v) is 3.96. The number of piperidine rings is 1. The van der Waals surface area contributed by atoms with Crippen molar-refractivity contribution < 1.29 is 14.3 Å². The van der Waals surface area contributed by atoms with E-state index in [2.05, 4.69) is 28.1 Å². The summed E-state index contributed by atoms with van der Waals surface area (Å²) in [7, 11) is 1.79. The summed E-state index contributed by atoms with van der Waals surface area (Å²) in [6.45, 7) is 3.59. The average molecular weight is 370 g/mol. The van der Waals surface area contributed by atoms with Gasteiger partial charge in [-0.05, 0) is 30.6 Å². The smallest absolute Gasteiger partial charge is 0.410 e. The van der Waals surface area contributed by atoms with Crippen LogP contribution in [0.5, 0.6) is 0 Å². The van der Waals surface area contributed by atoms with E-state index in [1.165, 1.54) is 5.39 Å². The number of aromatic nitrogens is 1. The van der Waals surface area contributed by atoms with Gasteiger partial charge in [0.05, 0.1) is 6.54 Å². The van der Waals surface area contributed by atoms with E-state index in [0.29, 0.717) is 13.1 Å². The Hall–Kier alpha value is -2.54. The number of carbonyl (C=O) groups is 2. The maximum atomic E-state index is 12.6. The van der Waals surface area contributed by atoms with Crippen LogP contribution in [0.4, 0.5) is 4.79 Å². The van der Waals surface area contributed by atoms with Gasteiger partial charge < -0.3 is 19.5 Å². The Morgan fingerprint density at radius 3 is 2.85 bits per heavy atom. The number of nitrogens with zero attached hydrogens (tertiary/aromatic N) is 3. The summed E-state index contributed by atoms with van der Waals surface area (Å²) < 4.78 is 7.77. The number of hydrogen-bond acceptors (Lipinski definition) is 4. The molecule has 0 atom stereocenters. The molecular formula is C20H26N4O3. The Bertz CT molecular complexity index is 841. The van der Waals surface area contributed by atoms with Crippen molar-refractivity contribution in [1.29, 1.82) is 0 Å². The van der Waals surface area contributed by atoms with Gasteiger partial charge in [0.15, 0.2) is 0 Å². The summed E-state index contributed by atoms with van der Waals surface area (Å²) >= 11 is 0. The maximum Gasteiger partial charge on any atom is 0.410 e. The van der Waals surface area contributed by atoms with Crippen LogP contribution in [0.1, 0.15) is 12.8 Å². The van der Waals surface area contributed by atoms with Gasteiger partial charge in [-0.15, -0.1) is 0 Å². The number of amides is 2. The first-order valence-corrected chi connectivity index (χ1v) is 9.53. The van der Waals surface area contributed by atoms with Gasteiger partial charge in [-0.3, -0.25) is 9.69 Å². The van der Waals surface area contributed by atoms with Crippen molar-refractivity contribution in [1.82, 2.24) is 19.7 Å². The second-order valence-corrected chi connectivity index (χ2v) is 7.54. The molecule has 0 bridgehead atoms. The first-order valence-electron chi connectivity index (χ1n) is 9.53. The lowest BCUT2D eigenvalue weighted by Crippen LogP contribution is -2.46. The number of hydrogen-bond donors (Lipinski definition) is 1. The predicted molar refractivity (Wildman–Crippen MR) is 102 cm³/mol. The fraction of sp³-hybridized carbons (Fsp3) is 0.500. The zero-order chi connectivity index (χ0) is 18.9. The third-order valence-electron chi connectivity index (χ3n) is 5.66. The molecule has 0 aliphatic carbocycles. The molecule has 2 saturated heterocycles. The van der Waals surface area contributed by atoms with Gasteiger partial charge >= 0.3 is 6.09 Å². The van der Waals surface area contributed by atoms with Gasteiger partial charge in [0.1, 0.15) is 12.1 Å². The molecule has 4 rings (SSSR count). The van der Waals surface area contributed by atoms with Crippen LogP contribution in [0, 0.1) is 0 Å². The van der Waals surface area contributed by atoms with Gasteiger partial charge in [0.25, 0.3) is 0 Å². The van der Waals surface area contributed by atoms with Gasteiger partial charge in [0, 0.05) is 44.7 Å². The zero-order valence-electron chi connectivity index (χ0n) is 15.7. The molecule has 2 fully saturated rings. The molecule has 144 valence electrons. The Kier molecular flexibility index (Phi) is 4.78. The van der Waals surface area contributed by atoms with Gasteiger partial charge in [-0.1, -0.05) is 18.2 Å². The van der Waals surface area contributed by atoms with Crippen molar-refractivity contribution in [2.24, 2.45) is 0 Å². The molecular weight excluding hydrogens is 344 g/mol. The molecule has 2 aliphatic heterocycles. The average Bonchev–Trinajstić information content (AvgIpc) is 3.21. The van der Waals surface area contributed by atoms with E-state index >= 15 is 0 Å². The first kappa shape index (κ1) is 17.9. The Morgan fingerprint density at radius 1 is 1.26 bits per heavy atom. The first-order chi connectivity index (χ1) is 13.1. The molecule has 1 aromatic carbocycles. The van der Waals surface area contributed by atoms with Gasteiger partial charge in [0.2, 0.25) is 5.91 Å². The highest BCUT2D eigenvalue weighted by Gasteiger charge is 2.46. The third kappa shape index (κ3) is 3.64. The van der Waals surface area contributed by atoms with Crippen LogP contribution in [0.3, 0.4) is 0 Å². The minimum atomic E-state index is -0.411. The third-order valence-corrected chi connectivity index (χ3v) is 5.66. The largest absolute Gasteiger partial charge is 0.441 e. The molecule has 0 radical (unpaired) electrons. The van der Waals surface area contributed by atoms with E-state index in [9.17, 15) is 9.59 Å². The van der Waals surface area contributed by atoms with Gasteiger partial charge in [-0.25, -0.2) is 4.79 Å². The Morgan fingerprint density at radius 2 is 2.04 bits per heavy atom. The number of rotatable bonds is 5. The summed E-state index contributed by atoms with van der Waals surface area (Å²) in [6, 6.07) is 10.3. The molecule has 7 nitrogen and oxygen atoms in total. The topological polar surface area (TPSA) is 66.8 Å². The standard InChI is InChI=1S/C20H26N4O3/c1-22(12-13-23-11-6-16-4-2-3-5-17(16)23)18(25)14-24-15-20(27-19(24)26)7-9-21-10-8-20/h2-6,11,21H,7-10,12-15H2,1H3. The van der Waals surface area contributed by atoms with Crippen molar-refractivity contribution >= 4 is 22.9 Å². The maximum absolute atomic E-state index is 12.6. The van der Waals surface area contributed by atoms with Crippen LogP contribution in [-0.2, 0) is 16.1 Å². The summed E-state index contributed by atoms with van der Waals surface area (Å²) in [5, 5.41) is 4.47. The second kappa shape index (κ2) is 7.23. The second-order valence-electron chi connectivity index (χ2n) is 7.54. The van der Waals surface area contributed by atoms with Crippen LogP contribution >= 0.6 is 0 Å². The van der Waals surface area contributed by atoms with Gasteiger partial charge in [-0.2, -0.15) is 0 Å². The van der Waals surface area contributed by atoms with Crippen molar-refractivity contribution in [3.8, 4) is 0 Å². The number of fused-ring (bicyclic) bond motifs is 1. The van der Waals surface area contributed by atoms with Crippen LogP contribution in [0.15, 0.2) is 36.5 Å². The predicted octanol–water partition coefficient (Wildman–Crippen LogP) is 1.67. The molecule has 1 spiro atoms. The monoisotopic (exact) mass is 370 g/mol. The van der Waals surface area contributed by atoms with Crippen LogP contribution in [0.25, 0.3) is 10.9 Å². The minimum Gasteiger partial charge on any atom is -0.441 e. The number of benzene rings is 1. The molecule has 2 aromatic rings. The Labute approximate surface area is 158 Å². The number of carbonyl (C=O) groups excluding carboxylic acids is 2. The summed E-state index contributed by atoms with van der Waals surface area (Å²) in [5.74, 6) is -0.0607. The number of ether oxygens (including phenoxy) is 1. The molecule has 1 aromatic heterocycles. The van der Waals surface area contributed by atoms with Crippen molar-refractivity contribution in [2.75, 3.05) is 39.8 Å². The van der Waals surface area contributed by atoms with E-state index < -0.39 is 5.60 Å². The van der Waals surface area contributed by atoms with E-state index in [-0.39, 0.29) is 18.5 Å². The van der Waals surface area contributed by atoms with Crippen molar-refractivity contribution in [3.05, 3.63) is 36.5 Å². The summed E-state index contributed by atoms with van der Waals surface area (Å²) in [5.41, 5.74) is 0.750. The molecule has 27 heavy (non-hydrogen) atoms. The highest BCUT2D eigenvalue weighted by Crippen LogP contribution is 2.30. The number of nitrogens with one attached hydrogen (secondary N) is 1. The van der Waals surface area contributed by atoms with E-state index in [0.717, 1.165) is 38.0 Å². The molecule has 2 amide bonds. The number of likely N-dealkylation sites (N-methyl/N-ethyl adjacent to an activating group) is 1. The quantitative estimate of drug-likeness (QED) is 0.870. The minimum absolute atomic E-state index is 0.0607. The lowest BCUT2D eigenvalue weighted by molar-refractivity contribution is -0.130. The Balaban J connectivity index is 1.32.